The molecule has 1 aromatic rings. The van der Waals surface area contributed by atoms with Crippen LogP contribution in [-0.4, -0.2) is 0 Å². The van der Waals surface area contributed by atoms with E-state index in [0.29, 0.717) is 6.42 Å². The Morgan fingerprint density at radius 1 is 1.31 bits per heavy atom. The molecule has 0 amide bonds. The van der Waals surface area contributed by atoms with Gasteiger partial charge in [-0.25, -0.2) is 0 Å². The fourth-order valence-electron chi connectivity index (χ4n) is 1.38. The average Bonchev–Trinajstić information content (AvgIpc) is 2.10. The highest BCUT2D eigenvalue weighted by Gasteiger charge is 2.01. The topological polar surface area (TPSA) is 23.8 Å². The molecular formula is C11H12ClN. The summed E-state index contributed by atoms with van der Waals surface area (Å²) in [6.45, 7) is 3.98. The second-order valence-electron chi connectivity index (χ2n) is 3.20. The molecule has 0 saturated heterocycles. The quantitative estimate of drug-likeness (QED) is 0.706. The van der Waals surface area contributed by atoms with Crippen LogP contribution in [0, 0.1) is 25.2 Å². The molecule has 0 heterocycles. The molecule has 0 aliphatic heterocycles. The maximum atomic E-state index is 8.44. The van der Waals surface area contributed by atoms with Gasteiger partial charge in [0, 0.05) is 11.4 Å². The van der Waals surface area contributed by atoms with Gasteiger partial charge < -0.3 is 0 Å². The molecule has 0 saturated carbocycles. The fraction of sp³-hybridized carbons (Fsp3) is 0.364. The molecule has 13 heavy (non-hydrogen) atoms. The Morgan fingerprint density at radius 3 is 2.31 bits per heavy atom. The molecule has 0 unspecified atom stereocenters. The van der Waals surface area contributed by atoms with Crippen molar-refractivity contribution in [3.63, 3.8) is 0 Å². The monoisotopic (exact) mass is 193 g/mol. The number of aryl methyl sites for hydroxylation is 3. The Balaban J connectivity index is 2.94. The first kappa shape index (κ1) is 10.1. The van der Waals surface area contributed by atoms with E-state index in [-0.39, 0.29) is 0 Å². The van der Waals surface area contributed by atoms with Crippen molar-refractivity contribution >= 4 is 11.6 Å². The third-order valence-electron chi connectivity index (χ3n) is 2.02. The Bertz CT molecular complexity index is 327. The summed E-state index contributed by atoms with van der Waals surface area (Å²) in [5.41, 5.74) is 3.38. The van der Waals surface area contributed by atoms with Crippen LogP contribution in [0.15, 0.2) is 12.1 Å². The van der Waals surface area contributed by atoms with Gasteiger partial charge in [0.25, 0.3) is 0 Å². The summed E-state index contributed by atoms with van der Waals surface area (Å²) < 4.78 is 0. The van der Waals surface area contributed by atoms with Gasteiger partial charge in [-0.15, -0.1) is 0 Å². The number of nitriles is 1. The van der Waals surface area contributed by atoms with E-state index < -0.39 is 0 Å². The van der Waals surface area contributed by atoms with Gasteiger partial charge in [0.05, 0.1) is 6.07 Å². The molecule has 0 atom stereocenters. The Hall–Kier alpha value is -1.000. The normalized spacial score (nSPS) is 9.69. The van der Waals surface area contributed by atoms with Crippen LogP contribution in [0.5, 0.6) is 0 Å². The van der Waals surface area contributed by atoms with E-state index >= 15 is 0 Å². The second kappa shape index (κ2) is 4.30. The number of benzene rings is 1. The number of rotatable bonds is 2. The summed E-state index contributed by atoms with van der Waals surface area (Å²) in [5.74, 6) is 0. The predicted molar refractivity (Wildman–Crippen MR) is 54.9 cm³/mol. The number of hydrogen-bond acceptors (Lipinski definition) is 1. The van der Waals surface area contributed by atoms with E-state index in [0.717, 1.165) is 22.6 Å². The Labute approximate surface area is 84.0 Å². The van der Waals surface area contributed by atoms with Crippen LogP contribution in [0.25, 0.3) is 0 Å². The van der Waals surface area contributed by atoms with Crippen LogP contribution < -0.4 is 0 Å². The van der Waals surface area contributed by atoms with E-state index in [9.17, 15) is 0 Å². The lowest BCUT2D eigenvalue weighted by molar-refractivity contribution is 1.00. The molecule has 0 aliphatic rings. The summed E-state index contributed by atoms with van der Waals surface area (Å²) in [4.78, 5) is 0. The molecule has 0 fully saturated rings. The van der Waals surface area contributed by atoms with Crippen LogP contribution in [0.2, 0.25) is 5.02 Å². The van der Waals surface area contributed by atoms with Gasteiger partial charge in [0.2, 0.25) is 0 Å². The highest BCUT2D eigenvalue weighted by atomic mass is 35.5. The first-order chi connectivity index (χ1) is 6.15. The van der Waals surface area contributed by atoms with E-state index in [4.69, 9.17) is 16.9 Å². The summed E-state index contributed by atoms with van der Waals surface area (Å²) >= 11 is 6.02. The third-order valence-corrected chi connectivity index (χ3v) is 2.62. The summed E-state index contributed by atoms with van der Waals surface area (Å²) in [7, 11) is 0. The smallest absolute Gasteiger partial charge is 0.0625 e. The van der Waals surface area contributed by atoms with Gasteiger partial charge in [-0.3, -0.25) is 0 Å². The van der Waals surface area contributed by atoms with Gasteiger partial charge in [-0.2, -0.15) is 5.26 Å². The van der Waals surface area contributed by atoms with Crippen LogP contribution in [0.3, 0.4) is 0 Å². The molecule has 1 nitrogen and oxygen atoms in total. The largest absolute Gasteiger partial charge is 0.198 e. The van der Waals surface area contributed by atoms with E-state index in [1.807, 2.05) is 26.0 Å². The van der Waals surface area contributed by atoms with Crippen molar-refractivity contribution in [2.75, 3.05) is 0 Å². The number of halogens is 1. The predicted octanol–water partition coefficient (Wildman–Crippen LogP) is 3.41. The van der Waals surface area contributed by atoms with Crippen LogP contribution in [0.4, 0.5) is 0 Å². The minimum absolute atomic E-state index is 0.570. The van der Waals surface area contributed by atoms with Crippen molar-refractivity contribution in [1.82, 2.24) is 0 Å². The standard InChI is InChI=1S/C11H12ClN/c1-8-6-10(4-3-5-13)7-9(2)11(8)12/h6-7H,3-4H2,1-2H3. The Kier molecular flexibility index (Phi) is 3.33. The first-order valence-electron chi connectivity index (χ1n) is 4.27. The van der Waals surface area contributed by atoms with Gasteiger partial charge >= 0.3 is 0 Å². The van der Waals surface area contributed by atoms with Crippen LogP contribution in [-0.2, 0) is 6.42 Å². The Morgan fingerprint density at radius 2 is 1.85 bits per heavy atom. The van der Waals surface area contributed by atoms with Crippen molar-refractivity contribution in [2.45, 2.75) is 26.7 Å². The van der Waals surface area contributed by atoms with E-state index in [1.165, 1.54) is 5.56 Å². The third kappa shape index (κ3) is 2.47. The van der Waals surface area contributed by atoms with Gasteiger partial charge in [0.15, 0.2) is 0 Å². The van der Waals surface area contributed by atoms with E-state index in [1.54, 1.807) is 0 Å². The summed E-state index contributed by atoms with van der Waals surface area (Å²) in [6, 6.07) is 6.23. The molecule has 68 valence electrons. The first-order valence-corrected chi connectivity index (χ1v) is 4.65. The van der Waals surface area contributed by atoms with Crippen molar-refractivity contribution in [1.29, 1.82) is 5.26 Å². The van der Waals surface area contributed by atoms with Crippen LogP contribution >= 0.6 is 11.6 Å². The zero-order valence-electron chi connectivity index (χ0n) is 7.89. The molecule has 0 aliphatic carbocycles. The molecule has 0 aromatic heterocycles. The minimum Gasteiger partial charge on any atom is -0.198 e. The van der Waals surface area contributed by atoms with Gasteiger partial charge in [-0.1, -0.05) is 23.7 Å². The molecule has 2 heteroatoms. The van der Waals surface area contributed by atoms with Crippen molar-refractivity contribution in [3.8, 4) is 6.07 Å². The molecular weight excluding hydrogens is 182 g/mol. The summed E-state index contributed by atoms with van der Waals surface area (Å²) in [5, 5.41) is 9.28. The molecule has 0 N–H and O–H groups in total. The lowest BCUT2D eigenvalue weighted by atomic mass is 10.0. The number of nitrogens with zero attached hydrogens (tertiary/aromatic N) is 1. The molecule has 0 radical (unpaired) electrons. The lowest BCUT2D eigenvalue weighted by Crippen LogP contribution is -1.89. The van der Waals surface area contributed by atoms with Gasteiger partial charge in [-0.05, 0) is 37.0 Å². The highest BCUT2D eigenvalue weighted by Crippen LogP contribution is 2.22. The van der Waals surface area contributed by atoms with Crippen molar-refractivity contribution < 1.29 is 0 Å². The SMILES string of the molecule is Cc1cc(CCC#N)cc(C)c1Cl. The zero-order chi connectivity index (χ0) is 9.84. The molecule has 1 aromatic carbocycles. The van der Waals surface area contributed by atoms with Crippen molar-refractivity contribution in [2.24, 2.45) is 0 Å². The second-order valence-corrected chi connectivity index (χ2v) is 3.58. The zero-order valence-corrected chi connectivity index (χ0v) is 8.65. The maximum Gasteiger partial charge on any atom is 0.0625 e. The number of hydrogen-bond donors (Lipinski definition) is 0. The average molecular weight is 194 g/mol. The molecule has 0 bridgehead atoms. The van der Waals surface area contributed by atoms with Crippen LogP contribution in [0.1, 0.15) is 23.1 Å². The lowest BCUT2D eigenvalue weighted by Gasteiger charge is -2.05. The highest BCUT2D eigenvalue weighted by molar-refractivity contribution is 6.32. The maximum absolute atomic E-state index is 8.44. The van der Waals surface area contributed by atoms with Gasteiger partial charge in [0.1, 0.15) is 0 Å². The van der Waals surface area contributed by atoms with E-state index in [2.05, 4.69) is 6.07 Å². The minimum atomic E-state index is 0.570. The van der Waals surface area contributed by atoms with Crippen molar-refractivity contribution in [3.05, 3.63) is 33.8 Å². The summed E-state index contributed by atoms with van der Waals surface area (Å²) in [6.07, 6.45) is 1.38. The molecule has 0 spiro atoms. The fourth-order valence-corrected chi connectivity index (χ4v) is 1.49. The molecule has 1 rings (SSSR count).